The molecule has 1 aliphatic heterocycles. The van der Waals surface area contributed by atoms with Gasteiger partial charge in [-0.3, -0.25) is 4.79 Å². The van der Waals surface area contributed by atoms with E-state index in [0.717, 1.165) is 0 Å². The Morgan fingerprint density at radius 3 is 3.00 bits per heavy atom. The summed E-state index contributed by atoms with van der Waals surface area (Å²) < 4.78 is 10.1. The molecule has 19 heavy (non-hydrogen) atoms. The lowest BCUT2D eigenvalue weighted by molar-refractivity contribution is -0.149. The van der Waals surface area contributed by atoms with Gasteiger partial charge in [-0.15, -0.1) is 0 Å². The summed E-state index contributed by atoms with van der Waals surface area (Å²) >= 11 is 0. The van der Waals surface area contributed by atoms with Crippen LogP contribution in [0.3, 0.4) is 0 Å². The Labute approximate surface area is 111 Å². The first-order chi connectivity index (χ1) is 9.13. The number of nitrogens with one attached hydrogen (secondary N) is 1. The summed E-state index contributed by atoms with van der Waals surface area (Å²) in [5, 5.41) is 3.10. The predicted octanol–water partition coefficient (Wildman–Crippen LogP) is 0.565. The second-order valence-corrected chi connectivity index (χ2v) is 4.42. The number of esters is 1. The van der Waals surface area contributed by atoms with Crippen molar-refractivity contribution in [2.24, 2.45) is 0 Å². The SMILES string of the molecule is CCOC(=O)C1CNCCN1C(=O)c1coc(C)c1. The Balaban J connectivity index is 2.15. The molecule has 0 radical (unpaired) electrons. The van der Waals surface area contributed by atoms with Crippen molar-refractivity contribution in [3.63, 3.8) is 0 Å². The first-order valence-corrected chi connectivity index (χ1v) is 6.37. The van der Waals surface area contributed by atoms with Crippen LogP contribution < -0.4 is 5.32 Å². The zero-order chi connectivity index (χ0) is 13.8. The fourth-order valence-corrected chi connectivity index (χ4v) is 2.12. The minimum atomic E-state index is -0.573. The van der Waals surface area contributed by atoms with Crippen molar-refractivity contribution in [1.29, 1.82) is 0 Å². The van der Waals surface area contributed by atoms with Gasteiger partial charge >= 0.3 is 5.97 Å². The summed E-state index contributed by atoms with van der Waals surface area (Å²) in [4.78, 5) is 25.8. The van der Waals surface area contributed by atoms with E-state index < -0.39 is 6.04 Å². The zero-order valence-corrected chi connectivity index (χ0v) is 11.1. The number of carbonyl (C=O) groups excluding carboxylic acids is 2. The molecule has 1 N–H and O–H groups in total. The minimum Gasteiger partial charge on any atom is -0.469 e. The second kappa shape index (κ2) is 5.88. The maximum Gasteiger partial charge on any atom is 0.330 e. The Bertz CT molecular complexity index is 469. The summed E-state index contributed by atoms with van der Waals surface area (Å²) in [5.41, 5.74) is 0.466. The number of hydrogen-bond donors (Lipinski definition) is 1. The van der Waals surface area contributed by atoms with Crippen molar-refractivity contribution in [3.05, 3.63) is 23.7 Å². The summed E-state index contributed by atoms with van der Waals surface area (Å²) in [6, 6.07) is 1.10. The molecule has 1 aromatic rings. The van der Waals surface area contributed by atoms with Gasteiger partial charge in [0.1, 0.15) is 18.1 Å². The van der Waals surface area contributed by atoms with Crippen molar-refractivity contribution in [1.82, 2.24) is 10.2 Å². The topological polar surface area (TPSA) is 71.8 Å². The van der Waals surface area contributed by atoms with Crippen LogP contribution in [0.15, 0.2) is 16.7 Å². The highest BCUT2D eigenvalue weighted by atomic mass is 16.5. The van der Waals surface area contributed by atoms with Gasteiger partial charge in [-0.1, -0.05) is 0 Å². The Morgan fingerprint density at radius 2 is 2.37 bits per heavy atom. The maximum absolute atomic E-state index is 12.4. The third-order valence-electron chi connectivity index (χ3n) is 3.04. The molecular formula is C13H18N2O4. The minimum absolute atomic E-state index is 0.198. The highest BCUT2D eigenvalue weighted by molar-refractivity contribution is 5.96. The molecule has 6 heteroatoms. The molecule has 0 aliphatic carbocycles. The molecule has 0 aromatic carbocycles. The van der Waals surface area contributed by atoms with Crippen LogP contribution in [-0.2, 0) is 9.53 Å². The van der Waals surface area contributed by atoms with Crippen LogP contribution in [0.25, 0.3) is 0 Å². The van der Waals surface area contributed by atoms with Gasteiger partial charge in [-0.05, 0) is 19.9 Å². The van der Waals surface area contributed by atoms with Gasteiger partial charge in [-0.2, -0.15) is 0 Å². The molecule has 0 spiro atoms. The molecule has 1 fully saturated rings. The van der Waals surface area contributed by atoms with Gasteiger partial charge < -0.3 is 19.4 Å². The molecule has 0 bridgehead atoms. The Morgan fingerprint density at radius 1 is 1.58 bits per heavy atom. The number of nitrogens with zero attached hydrogens (tertiary/aromatic N) is 1. The Kier molecular flexibility index (Phi) is 4.21. The van der Waals surface area contributed by atoms with Crippen LogP contribution in [0.5, 0.6) is 0 Å². The van der Waals surface area contributed by atoms with E-state index in [4.69, 9.17) is 9.15 Å². The number of piperazine rings is 1. The highest BCUT2D eigenvalue weighted by Crippen LogP contribution is 2.14. The lowest BCUT2D eigenvalue weighted by atomic mass is 10.1. The average molecular weight is 266 g/mol. The number of furan rings is 1. The third-order valence-corrected chi connectivity index (χ3v) is 3.04. The van der Waals surface area contributed by atoms with Crippen molar-refractivity contribution >= 4 is 11.9 Å². The van der Waals surface area contributed by atoms with Crippen LogP contribution >= 0.6 is 0 Å². The molecule has 0 saturated carbocycles. The highest BCUT2D eigenvalue weighted by Gasteiger charge is 2.34. The van der Waals surface area contributed by atoms with E-state index in [9.17, 15) is 9.59 Å². The van der Waals surface area contributed by atoms with Crippen LogP contribution in [0.4, 0.5) is 0 Å². The monoisotopic (exact) mass is 266 g/mol. The third kappa shape index (κ3) is 2.96. The van der Waals surface area contributed by atoms with Crippen molar-refractivity contribution in [2.45, 2.75) is 19.9 Å². The molecule has 1 aliphatic rings. The molecule has 2 heterocycles. The van der Waals surface area contributed by atoms with Crippen LogP contribution in [-0.4, -0.2) is 49.1 Å². The van der Waals surface area contributed by atoms with E-state index in [1.807, 2.05) is 0 Å². The van der Waals surface area contributed by atoms with E-state index in [0.29, 0.717) is 37.6 Å². The average Bonchev–Trinajstić information content (AvgIpc) is 2.85. The number of aryl methyl sites for hydroxylation is 1. The van der Waals surface area contributed by atoms with Crippen LogP contribution in [0.1, 0.15) is 23.0 Å². The lowest BCUT2D eigenvalue weighted by Crippen LogP contribution is -2.57. The standard InChI is InChI=1S/C13H18N2O4/c1-3-18-13(17)11-7-14-4-5-15(11)12(16)10-6-9(2)19-8-10/h6,8,11,14H,3-5,7H2,1-2H3. The molecule has 1 aromatic heterocycles. The number of hydrogen-bond acceptors (Lipinski definition) is 5. The molecule has 2 rings (SSSR count). The van der Waals surface area contributed by atoms with Gasteiger partial charge in [0.05, 0.1) is 12.2 Å². The Hall–Kier alpha value is -1.82. The maximum atomic E-state index is 12.4. The largest absolute Gasteiger partial charge is 0.469 e. The number of carbonyl (C=O) groups is 2. The van der Waals surface area contributed by atoms with Crippen molar-refractivity contribution < 1.29 is 18.7 Å². The first-order valence-electron chi connectivity index (χ1n) is 6.37. The molecule has 104 valence electrons. The zero-order valence-electron chi connectivity index (χ0n) is 11.1. The summed E-state index contributed by atoms with van der Waals surface area (Å²) in [5.74, 6) is 0.103. The molecule has 1 saturated heterocycles. The summed E-state index contributed by atoms with van der Waals surface area (Å²) in [7, 11) is 0. The van der Waals surface area contributed by atoms with E-state index in [-0.39, 0.29) is 11.9 Å². The smallest absolute Gasteiger partial charge is 0.330 e. The summed E-state index contributed by atoms with van der Waals surface area (Å²) in [6.07, 6.45) is 1.42. The molecular weight excluding hydrogens is 248 g/mol. The van der Waals surface area contributed by atoms with Crippen LogP contribution in [0.2, 0.25) is 0 Å². The molecule has 1 atom stereocenters. The van der Waals surface area contributed by atoms with Crippen molar-refractivity contribution in [2.75, 3.05) is 26.2 Å². The fraction of sp³-hybridized carbons (Fsp3) is 0.538. The normalized spacial score (nSPS) is 19.3. The summed E-state index contributed by atoms with van der Waals surface area (Å²) in [6.45, 7) is 5.39. The molecule has 1 unspecified atom stereocenters. The van der Waals surface area contributed by atoms with Gasteiger partial charge in [0.25, 0.3) is 5.91 Å². The second-order valence-electron chi connectivity index (χ2n) is 4.42. The van der Waals surface area contributed by atoms with Crippen molar-refractivity contribution in [3.8, 4) is 0 Å². The fourth-order valence-electron chi connectivity index (χ4n) is 2.12. The molecule has 6 nitrogen and oxygen atoms in total. The predicted molar refractivity (Wildman–Crippen MR) is 67.8 cm³/mol. The van der Waals surface area contributed by atoms with E-state index in [2.05, 4.69) is 5.32 Å². The molecule has 1 amide bonds. The van der Waals surface area contributed by atoms with E-state index >= 15 is 0 Å². The van der Waals surface area contributed by atoms with Gasteiger partial charge in [-0.25, -0.2) is 4.79 Å². The number of ether oxygens (including phenoxy) is 1. The van der Waals surface area contributed by atoms with Gasteiger partial charge in [0, 0.05) is 19.6 Å². The first kappa shape index (κ1) is 13.6. The quantitative estimate of drug-likeness (QED) is 0.810. The van der Waals surface area contributed by atoms with E-state index in [1.165, 1.54) is 6.26 Å². The number of rotatable bonds is 3. The lowest BCUT2D eigenvalue weighted by Gasteiger charge is -2.34. The number of amides is 1. The van der Waals surface area contributed by atoms with E-state index in [1.54, 1.807) is 24.8 Å². The van der Waals surface area contributed by atoms with Gasteiger partial charge in [0.15, 0.2) is 0 Å². The van der Waals surface area contributed by atoms with Crippen LogP contribution in [0, 0.1) is 6.92 Å². The van der Waals surface area contributed by atoms with Gasteiger partial charge in [0.2, 0.25) is 0 Å².